The summed E-state index contributed by atoms with van der Waals surface area (Å²) in [7, 11) is -2.34. The number of rotatable bonds is 6. The van der Waals surface area contributed by atoms with Gasteiger partial charge in [0.1, 0.15) is 5.75 Å². The molecule has 2 aromatic carbocycles. The Morgan fingerprint density at radius 2 is 2.04 bits per heavy atom. The molecule has 1 aromatic heterocycles. The Kier molecular flexibility index (Phi) is 5.34. The number of hydrogen-bond donors (Lipinski definition) is 2. The van der Waals surface area contributed by atoms with E-state index in [1.54, 1.807) is 19.1 Å². The lowest BCUT2D eigenvalue weighted by atomic mass is 10.1. The van der Waals surface area contributed by atoms with Crippen molar-refractivity contribution in [1.29, 1.82) is 0 Å². The maximum atomic E-state index is 14.4. The molecule has 0 fully saturated rings. The second-order valence-corrected chi connectivity index (χ2v) is 7.86. The van der Waals surface area contributed by atoms with E-state index < -0.39 is 16.0 Å². The minimum atomic E-state index is -3.77. The van der Waals surface area contributed by atoms with Gasteiger partial charge >= 0.3 is 10.2 Å². The third-order valence-corrected chi connectivity index (χ3v) is 5.84. The highest BCUT2D eigenvalue weighted by Crippen LogP contribution is 2.34. The molecule has 0 amide bonds. The van der Waals surface area contributed by atoms with Crippen molar-refractivity contribution < 1.29 is 17.5 Å². The Morgan fingerprint density at radius 1 is 1.29 bits per heavy atom. The fourth-order valence-corrected chi connectivity index (χ4v) is 3.51. The van der Waals surface area contributed by atoms with E-state index in [1.807, 2.05) is 0 Å². The fourth-order valence-electron chi connectivity index (χ4n) is 2.51. The molecule has 1 heterocycles. The zero-order chi connectivity index (χ0) is 20.5. The highest BCUT2D eigenvalue weighted by molar-refractivity contribution is 7.90. The van der Waals surface area contributed by atoms with E-state index >= 15 is 0 Å². The number of fused-ring (bicyclic) bond motifs is 1. The van der Waals surface area contributed by atoms with Crippen LogP contribution in [0.1, 0.15) is 12.5 Å². The molecule has 8 nitrogen and oxygen atoms in total. The van der Waals surface area contributed by atoms with Crippen LogP contribution >= 0.6 is 0 Å². The van der Waals surface area contributed by atoms with E-state index in [1.165, 1.54) is 32.4 Å². The van der Waals surface area contributed by atoms with Crippen LogP contribution in [0.4, 0.5) is 10.1 Å². The number of H-pyrrole nitrogens is 1. The Labute approximate surface area is 161 Å². The number of aromatic nitrogens is 2. The average Bonchev–Trinajstić information content (AvgIpc) is 2.67. The molecule has 3 rings (SSSR count). The van der Waals surface area contributed by atoms with Crippen molar-refractivity contribution >= 4 is 26.8 Å². The lowest BCUT2D eigenvalue weighted by molar-refractivity contribution is 0.439. The van der Waals surface area contributed by atoms with Gasteiger partial charge < -0.3 is 9.72 Å². The molecule has 0 bridgehead atoms. The van der Waals surface area contributed by atoms with Gasteiger partial charge in [0.25, 0.3) is 5.56 Å². The molecule has 0 saturated heterocycles. The molecule has 0 aliphatic carbocycles. The molecule has 0 aliphatic heterocycles. The smallest absolute Gasteiger partial charge is 0.301 e. The quantitative estimate of drug-likeness (QED) is 0.655. The van der Waals surface area contributed by atoms with E-state index in [-0.39, 0.29) is 34.9 Å². The fraction of sp³-hybridized carbons (Fsp3) is 0.222. The Morgan fingerprint density at radius 3 is 2.75 bits per heavy atom. The van der Waals surface area contributed by atoms with Crippen LogP contribution < -0.4 is 15.0 Å². The lowest BCUT2D eigenvalue weighted by Gasteiger charge is -2.19. The molecule has 0 radical (unpaired) electrons. The topological polar surface area (TPSA) is 104 Å². The molecule has 28 heavy (non-hydrogen) atoms. The van der Waals surface area contributed by atoms with Gasteiger partial charge in [-0.15, -0.1) is 0 Å². The van der Waals surface area contributed by atoms with Gasteiger partial charge in [-0.25, -0.2) is 9.37 Å². The Hall–Kier alpha value is -2.98. The first-order chi connectivity index (χ1) is 13.2. The molecule has 2 N–H and O–H groups in total. The molecule has 0 saturated carbocycles. The van der Waals surface area contributed by atoms with E-state index in [0.29, 0.717) is 10.9 Å². The summed E-state index contributed by atoms with van der Waals surface area (Å²) in [6.07, 6.45) is 1.29. The van der Waals surface area contributed by atoms with Crippen LogP contribution in [0.15, 0.2) is 41.5 Å². The van der Waals surface area contributed by atoms with Crippen LogP contribution in [0.3, 0.4) is 0 Å². The van der Waals surface area contributed by atoms with Crippen molar-refractivity contribution in [2.24, 2.45) is 0 Å². The highest BCUT2D eigenvalue weighted by Gasteiger charge is 2.20. The van der Waals surface area contributed by atoms with Crippen molar-refractivity contribution in [3.8, 4) is 11.5 Å². The van der Waals surface area contributed by atoms with Crippen LogP contribution in [-0.2, 0) is 10.2 Å². The van der Waals surface area contributed by atoms with Crippen molar-refractivity contribution in [2.45, 2.75) is 13.8 Å². The molecule has 148 valence electrons. The van der Waals surface area contributed by atoms with Gasteiger partial charge in [-0.2, -0.15) is 12.7 Å². The van der Waals surface area contributed by atoms with Crippen LogP contribution in [0.25, 0.3) is 10.9 Å². The van der Waals surface area contributed by atoms with Gasteiger partial charge in [-0.3, -0.25) is 9.52 Å². The maximum Gasteiger partial charge on any atom is 0.301 e. The summed E-state index contributed by atoms with van der Waals surface area (Å²) in [5.41, 5.74) is 0.583. The molecule has 0 spiro atoms. The third-order valence-electron chi connectivity index (χ3n) is 4.28. The summed E-state index contributed by atoms with van der Waals surface area (Å²) in [5.74, 6) is -0.581. The zero-order valence-corrected chi connectivity index (χ0v) is 16.3. The second kappa shape index (κ2) is 7.56. The molecule has 3 aromatic rings. The summed E-state index contributed by atoms with van der Waals surface area (Å²) < 4.78 is 48.1. The monoisotopic (exact) mass is 406 g/mol. The van der Waals surface area contributed by atoms with Gasteiger partial charge in [0.2, 0.25) is 0 Å². The first-order valence-corrected chi connectivity index (χ1v) is 9.85. The standard InChI is InChI=1S/C18H19FN4O4S/c1-4-23(3)28(25,26)22-15-8-6-14(19)17(11(15)2)27-12-5-7-16-13(9-12)18(24)21-10-20-16/h5-10,22H,4H2,1-3H3,(H,20,21,24). The van der Waals surface area contributed by atoms with Crippen molar-refractivity contribution in [2.75, 3.05) is 18.3 Å². The summed E-state index contributed by atoms with van der Waals surface area (Å²) in [6.45, 7) is 3.51. The number of benzene rings is 2. The van der Waals surface area contributed by atoms with Crippen molar-refractivity contribution in [1.82, 2.24) is 14.3 Å². The van der Waals surface area contributed by atoms with Crippen molar-refractivity contribution in [3.05, 3.63) is 58.4 Å². The zero-order valence-electron chi connectivity index (χ0n) is 15.5. The Balaban J connectivity index is 1.99. The molecular weight excluding hydrogens is 387 g/mol. The molecule has 10 heteroatoms. The summed E-state index contributed by atoms with van der Waals surface area (Å²) in [6, 6.07) is 7.02. The number of ether oxygens (including phenoxy) is 1. The number of aromatic amines is 1. The number of nitrogens with zero attached hydrogens (tertiary/aromatic N) is 2. The number of hydrogen-bond acceptors (Lipinski definition) is 5. The average molecular weight is 406 g/mol. The second-order valence-electron chi connectivity index (χ2n) is 6.08. The van der Waals surface area contributed by atoms with E-state index in [0.717, 1.165) is 10.4 Å². The van der Waals surface area contributed by atoms with E-state index in [9.17, 15) is 17.6 Å². The van der Waals surface area contributed by atoms with Crippen LogP contribution in [-0.4, -0.2) is 36.3 Å². The number of halogens is 1. The highest BCUT2D eigenvalue weighted by atomic mass is 32.2. The van der Waals surface area contributed by atoms with Crippen LogP contribution in [0.2, 0.25) is 0 Å². The minimum absolute atomic E-state index is 0.140. The van der Waals surface area contributed by atoms with Gasteiger partial charge in [-0.05, 0) is 37.3 Å². The van der Waals surface area contributed by atoms with Crippen molar-refractivity contribution in [3.63, 3.8) is 0 Å². The van der Waals surface area contributed by atoms with E-state index in [4.69, 9.17) is 4.74 Å². The van der Waals surface area contributed by atoms with Crippen LogP contribution in [0.5, 0.6) is 11.5 Å². The summed E-state index contributed by atoms with van der Waals surface area (Å²) in [5, 5.41) is 0.291. The van der Waals surface area contributed by atoms with Gasteiger partial charge in [-0.1, -0.05) is 6.92 Å². The largest absolute Gasteiger partial charge is 0.454 e. The van der Waals surface area contributed by atoms with Crippen LogP contribution in [0, 0.1) is 12.7 Å². The third kappa shape index (κ3) is 3.82. The lowest BCUT2D eigenvalue weighted by Crippen LogP contribution is -2.32. The SMILES string of the molecule is CCN(C)S(=O)(=O)Nc1ccc(F)c(Oc2ccc3nc[nH]c(=O)c3c2)c1C. The predicted molar refractivity (Wildman–Crippen MR) is 104 cm³/mol. The van der Waals surface area contributed by atoms with Gasteiger partial charge in [0.15, 0.2) is 11.6 Å². The summed E-state index contributed by atoms with van der Waals surface area (Å²) in [4.78, 5) is 18.4. The first kappa shape index (κ1) is 19.8. The molecule has 0 unspecified atom stereocenters. The van der Waals surface area contributed by atoms with Gasteiger partial charge in [0.05, 0.1) is 22.9 Å². The Bertz CT molecular complexity index is 1190. The molecule has 0 atom stereocenters. The normalized spacial score (nSPS) is 11.8. The number of nitrogens with one attached hydrogen (secondary N) is 2. The van der Waals surface area contributed by atoms with E-state index in [2.05, 4.69) is 14.7 Å². The number of anilines is 1. The molecular formula is C18H19FN4O4S. The predicted octanol–water partition coefficient (Wildman–Crippen LogP) is 2.77. The first-order valence-electron chi connectivity index (χ1n) is 8.41. The minimum Gasteiger partial charge on any atom is -0.454 e. The van der Waals surface area contributed by atoms with Gasteiger partial charge in [0, 0.05) is 19.2 Å². The maximum absolute atomic E-state index is 14.4. The molecule has 0 aliphatic rings. The summed E-state index contributed by atoms with van der Waals surface area (Å²) >= 11 is 0.